The largest absolute Gasteiger partial charge is 0.427 e. The minimum absolute atomic E-state index is 0.0666. The van der Waals surface area contributed by atoms with Crippen LogP contribution >= 0.6 is 11.8 Å². The molecule has 18 nitrogen and oxygen atoms in total. The van der Waals surface area contributed by atoms with Gasteiger partial charge >= 0.3 is 17.9 Å². The number of hydrogen-bond acceptors (Lipinski definition) is 15. The van der Waals surface area contributed by atoms with Crippen molar-refractivity contribution in [1.29, 1.82) is 0 Å². The predicted octanol–water partition coefficient (Wildman–Crippen LogP) is 1.36. The molecule has 6 rings (SSSR count). The van der Waals surface area contributed by atoms with Crippen LogP contribution in [0.25, 0.3) is 0 Å². The molecule has 4 N–H and O–H groups in total. The fourth-order valence-electron chi connectivity index (χ4n) is 6.87. The summed E-state index contributed by atoms with van der Waals surface area (Å²) >= 11 is 1.28. The number of nitrogens with one attached hydrogen (secondary N) is 1. The molecule has 57 heavy (non-hydrogen) atoms. The van der Waals surface area contributed by atoms with Crippen molar-refractivity contribution >= 4 is 67.3 Å². The van der Waals surface area contributed by atoms with E-state index in [0.717, 1.165) is 10.5 Å². The smallest absolute Gasteiger partial charge is 0.333 e. The Bertz CT molecular complexity index is 2180. The molecule has 4 saturated heterocycles. The Morgan fingerprint density at radius 2 is 1.54 bits per heavy atom. The second-order valence-electron chi connectivity index (χ2n) is 14.9. The number of sulfone groups is 1. The van der Waals surface area contributed by atoms with E-state index in [0.29, 0.717) is 17.7 Å². The quantitative estimate of drug-likeness (QED) is 0.0947. The van der Waals surface area contributed by atoms with E-state index in [-0.39, 0.29) is 23.7 Å². The normalized spacial score (nSPS) is 25.3. The number of thioether (sulfide) groups is 1. The number of nitrogens with zero attached hydrogens (tertiary/aromatic N) is 2. The molecule has 21 heteroatoms. The Balaban J connectivity index is 0.000000486. The van der Waals surface area contributed by atoms with Crippen LogP contribution in [0.2, 0.25) is 0 Å². The van der Waals surface area contributed by atoms with E-state index in [1.54, 1.807) is 38.1 Å². The predicted molar refractivity (Wildman–Crippen MR) is 202 cm³/mol. The van der Waals surface area contributed by atoms with Crippen molar-refractivity contribution in [2.75, 3.05) is 6.79 Å². The highest BCUT2D eigenvalue weighted by atomic mass is 32.2. The fourth-order valence-corrected chi connectivity index (χ4v) is 11.1. The number of rotatable bonds is 11. The Labute approximate surface area is 333 Å². The highest BCUT2D eigenvalue weighted by molar-refractivity contribution is 8.01. The summed E-state index contributed by atoms with van der Waals surface area (Å²) < 4.78 is 68.1. The van der Waals surface area contributed by atoms with Crippen LogP contribution in [0.1, 0.15) is 71.0 Å². The topological polar surface area (TPSA) is 263 Å². The molecule has 4 aliphatic heterocycles. The van der Waals surface area contributed by atoms with Gasteiger partial charge in [-0.05, 0) is 70.9 Å². The molecule has 0 bridgehead atoms. The highest BCUT2D eigenvalue weighted by Crippen LogP contribution is 2.51. The average molecular weight is 853 g/mol. The maximum atomic E-state index is 13.2. The summed E-state index contributed by atoms with van der Waals surface area (Å²) in [5.41, 5.74) is 7.52. The summed E-state index contributed by atoms with van der Waals surface area (Å²) in [4.78, 5) is 78.1. The van der Waals surface area contributed by atoms with Crippen molar-refractivity contribution in [3.8, 4) is 5.75 Å². The molecule has 0 saturated carbocycles. The molecule has 4 fully saturated rings. The molecule has 2 aromatic carbocycles. The fraction of sp³-hybridized carbons (Fsp3) is 0.500. The van der Waals surface area contributed by atoms with Gasteiger partial charge in [0.2, 0.25) is 24.5 Å². The highest BCUT2D eigenvalue weighted by Gasteiger charge is 2.68. The van der Waals surface area contributed by atoms with Crippen LogP contribution in [-0.2, 0) is 58.2 Å². The molecule has 2 aromatic rings. The van der Waals surface area contributed by atoms with E-state index in [1.165, 1.54) is 54.8 Å². The van der Waals surface area contributed by atoms with Gasteiger partial charge in [0, 0.05) is 11.2 Å². The van der Waals surface area contributed by atoms with Crippen LogP contribution in [0.15, 0.2) is 53.4 Å². The zero-order valence-electron chi connectivity index (χ0n) is 31.9. The number of benzene rings is 2. The maximum absolute atomic E-state index is 13.2. The molecular weight excluding hydrogens is 809 g/mol. The monoisotopic (exact) mass is 852 g/mol. The number of esters is 3. The molecule has 0 radical (unpaired) electrons. The Kier molecular flexibility index (Phi) is 12.2. The molecule has 310 valence electrons. The lowest BCUT2D eigenvalue weighted by atomic mass is 9.95. The molecule has 0 aromatic heterocycles. The second-order valence-corrected chi connectivity index (χ2v) is 20.7. The number of carbonyl (C=O) groups is 6. The standard InChI is InChI=1S/C29H36N4O11S2.C7H8O3S/c1-6-7-18(35)44-15-10-8-14(9-11-15)19(30)23(36)31-20-24(37)33-21(28(2,3)45-25(20)33)26(38)42-13-43-27(39)22-29(4,5)46(40,41)17-12-16(34)32(17)22;1-6-2-4-7(5-3-6)11(8,9)10/h8-11,17,19-22,25H,6-7,12-13,30H2,1-5H3,(H,31,36);2-5H,1H3,(H,8,9,10)/t17-,19?,20-,21+,22+,25-;/m1./s1. The molecule has 4 aliphatic rings. The van der Waals surface area contributed by atoms with Crippen molar-refractivity contribution in [2.24, 2.45) is 5.73 Å². The number of ether oxygens (including phenoxy) is 3. The Morgan fingerprint density at radius 3 is 2.09 bits per heavy atom. The number of β-lactam (4-membered cyclic amide) rings is 2. The van der Waals surface area contributed by atoms with Gasteiger partial charge in [0.15, 0.2) is 9.84 Å². The maximum Gasteiger partial charge on any atom is 0.333 e. The third kappa shape index (κ3) is 8.38. The lowest BCUT2D eigenvalue weighted by Crippen LogP contribution is -2.71. The summed E-state index contributed by atoms with van der Waals surface area (Å²) in [7, 11) is -7.84. The summed E-state index contributed by atoms with van der Waals surface area (Å²) in [5, 5.41) is 0.962. The SMILES string of the molecule is CCCC(=O)Oc1ccc(C(N)C(=O)N[C@@H]2C(=O)N3[C@@H]2SC(C)(C)[C@@H]3C(=O)OCOC(=O)[C@@H]2N3C(=O)C[C@H]3S(=O)(=O)C2(C)C)cc1.Cc1ccc(S(=O)(=O)O)cc1. The number of aryl methyl sites for hydroxylation is 1. The number of hydrogen-bond donors (Lipinski definition) is 3. The zero-order valence-corrected chi connectivity index (χ0v) is 34.3. The Hall–Kier alpha value is -4.57. The molecule has 0 aliphatic carbocycles. The zero-order chi connectivity index (χ0) is 42.4. The van der Waals surface area contributed by atoms with Crippen molar-refractivity contribution in [1.82, 2.24) is 15.1 Å². The lowest BCUT2D eigenvalue weighted by molar-refractivity contribution is -0.181. The van der Waals surface area contributed by atoms with Crippen LogP contribution in [0.4, 0.5) is 0 Å². The van der Waals surface area contributed by atoms with Gasteiger partial charge in [-0.3, -0.25) is 23.7 Å². The van der Waals surface area contributed by atoms with Gasteiger partial charge in [0.1, 0.15) is 40.7 Å². The van der Waals surface area contributed by atoms with Gasteiger partial charge in [-0.25, -0.2) is 18.0 Å². The molecule has 0 spiro atoms. The second kappa shape index (κ2) is 16.0. The summed E-state index contributed by atoms with van der Waals surface area (Å²) in [6.07, 6.45) is 0.710. The van der Waals surface area contributed by atoms with Gasteiger partial charge in [-0.2, -0.15) is 8.42 Å². The van der Waals surface area contributed by atoms with E-state index in [2.05, 4.69) is 5.32 Å². The average Bonchev–Trinajstić information content (AvgIpc) is 3.45. The number of amides is 3. The van der Waals surface area contributed by atoms with E-state index in [9.17, 15) is 45.6 Å². The molecular formula is C36H44N4O14S3. The van der Waals surface area contributed by atoms with Crippen molar-refractivity contribution < 1.29 is 64.4 Å². The van der Waals surface area contributed by atoms with Crippen molar-refractivity contribution in [3.63, 3.8) is 0 Å². The summed E-state index contributed by atoms with van der Waals surface area (Å²) in [5.74, 6) is -3.59. The first-order valence-corrected chi connectivity index (χ1v) is 21.6. The third-order valence-corrected chi connectivity index (χ3v) is 15.3. The van der Waals surface area contributed by atoms with Gasteiger partial charge in [0.25, 0.3) is 10.1 Å². The summed E-state index contributed by atoms with van der Waals surface area (Å²) in [6, 6.07) is 7.57. The minimum Gasteiger partial charge on any atom is -0.427 e. The third-order valence-electron chi connectivity index (χ3n) is 10.1. The van der Waals surface area contributed by atoms with E-state index < -0.39 is 101 Å². The van der Waals surface area contributed by atoms with E-state index in [4.69, 9.17) is 24.5 Å². The van der Waals surface area contributed by atoms with Gasteiger partial charge in [0.05, 0.1) is 16.1 Å². The van der Waals surface area contributed by atoms with Crippen LogP contribution in [0.3, 0.4) is 0 Å². The van der Waals surface area contributed by atoms with Crippen LogP contribution in [0, 0.1) is 6.92 Å². The molecule has 1 unspecified atom stereocenters. The van der Waals surface area contributed by atoms with E-state index in [1.807, 2.05) is 13.8 Å². The van der Waals surface area contributed by atoms with Crippen LogP contribution in [-0.4, -0.2) is 112 Å². The van der Waals surface area contributed by atoms with Crippen LogP contribution < -0.4 is 15.8 Å². The lowest BCUT2D eigenvalue weighted by Gasteiger charge is -2.44. The first-order chi connectivity index (χ1) is 26.4. The van der Waals surface area contributed by atoms with Crippen molar-refractivity contribution in [3.05, 3.63) is 59.7 Å². The molecule has 3 amide bonds. The molecule has 4 heterocycles. The van der Waals surface area contributed by atoms with Crippen molar-refractivity contribution in [2.45, 2.75) is 110 Å². The van der Waals surface area contributed by atoms with Gasteiger partial charge < -0.3 is 35.1 Å². The first kappa shape index (κ1) is 43.6. The minimum atomic E-state index is -4.02. The Morgan fingerprint density at radius 1 is 0.965 bits per heavy atom. The molecule has 6 atom stereocenters. The first-order valence-electron chi connectivity index (χ1n) is 17.7. The number of carbonyl (C=O) groups excluding carboxylic acids is 6. The van der Waals surface area contributed by atoms with E-state index >= 15 is 0 Å². The van der Waals surface area contributed by atoms with Gasteiger partial charge in [-0.15, -0.1) is 11.8 Å². The van der Waals surface area contributed by atoms with Gasteiger partial charge in [-0.1, -0.05) is 36.8 Å². The number of nitrogens with two attached hydrogens (primary N) is 1. The van der Waals surface area contributed by atoms with Crippen LogP contribution in [0.5, 0.6) is 5.75 Å². The summed E-state index contributed by atoms with van der Waals surface area (Å²) in [6.45, 7) is 8.97. The number of fused-ring (bicyclic) bond motifs is 2.